The molecule has 1 aromatic heterocycles. The van der Waals surface area contributed by atoms with Crippen molar-refractivity contribution in [3.8, 4) is 0 Å². The Hall–Kier alpha value is -0.410. The summed E-state index contributed by atoms with van der Waals surface area (Å²) in [5.74, 6) is 3.35. The van der Waals surface area contributed by atoms with Crippen molar-refractivity contribution in [2.24, 2.45) is 0 Å². The first kappa shape index (κ1) is 11.7. The zero-order valence-corrected chi connectivity index (χ0v) is 9.93. The third kappa shape index (κ3) is 3.76. The van der Waals surface area contributed by atoms with Crippen LogP contribution in [0.25, 0.3) is 0 Å². The maximum Gasteiger partial charge on any atom is 0.120 e. The van der Waals surface area contributed by atoms with Crippen LogP contribution < -0.4 is 5.32 Å². The fourth-order valence-corrected chi connectivity index (χ4v) is 2.07. The van der Waals surface area contributed by atoms with Crippen LogP contribution in [0.1, 0.15) is 32.6 Å². The van der Waals surface area contributed by atoms with Crippen LogP contribution in [0.15, 0.2) is 22.8 Å². The number of thioether (sulfide) groups is 1. The molecule has 0 aromatic carbocycles. The van der Waals surface area contributed by atoms with E-state index in [1.807, 2.05) is 23.9 Å². The summed E-state index contributed by atoms with van der Waals surface area (Å²) in [6, 6.07) is 4.77. The van der Waals surface area contributed by atoms with Crippen molar-refractivity contribution in [2.45, 2.75) is 32.9 Å². The molecule has 0 saturated carbocycles. The van der Waals surface area contributed by atoms with Gasteiger partial charge in [0.15, 0.2) is 0 Å². The second kappa shape index (κ2) is 6.14. The third-order valence-electron chi connectivity index (χ3n) is 2.08. The molecule has 80 valence electrons. The smallest absolute Gasteiger partial charge is 0.120 e. The molecule has 0 fully saturated rings. The van der Waals surface area contributed by atoms with Gasteiger partial charge in [-0.15, -0.1) is 0 Å². The van der Waals surface area contributed by atoms with Crippen molar-refractivity contribution in [1.82, 2.24) is 5.32 Å². The lowest BCUT2D eigenvalue weighted by atomic mass is 10.2. The average Bonchev–Trinajstić information content (AvgIpc) is 2.67. The predicted octanol–water partition coefficient (Wildman–Crippen LogP) is 3.07. The molecule has 2 atom stereocenters. The molecule has 1 heterocycles. The van der Waals surface area contributed by atoms with E-state index in [9.17, 15) is 0 Å². The van der Waals surface area contributed by atoms with Crippen molar-refractivity contribution >= 4 is 11.8 Å². The Balaban J connectivity index is 2.29. The Morgan fingerprint density at radius 1 is 1.50 bits per heavy atom. The Labute approximate surface area is 90.5 Å². The van der Waals surface area contributed by atoms with Crippen LogP contribution in [-0.2, 0) is 0 Å². The molecule has 3 heteroatoms. The van der Waals surface area contributed by atoms with Crippen LogP contribution in [0.2, 0.25) is 0 Å². The van der Waals surface area contributed by atoms with Crippen LogP contribution in [0.3, 0.4) is 0 Å². The minimum Gasteiger partial charge on any atom is -0.468 e. The molecular formula is C11H19NOS. The molecule has 0 aliphatic carbocycles. The highest BCUT2D eigenvalue weighted by atomic mass is 32.2. The van der Waals surface area contributed by atoms with Gasteiger partial charge in [-0.3, -0.25) is 0 Å². The van der Waals surface area contributed by atoms with Gasteiger partial charge in [0.05, 0.1) is 12.3 Å². The Kier molecular flexibility index (Phi) is 5.12. The van der Waals surface area contributed by atoms with Gasteiger partial charge in [0, 0.05) is 11.8 Å². The predicted molar refractivity (Wildman–Crippen MR) is 62.7 cm³/mol. The van der Waals surface area contributed by atoms with Crippen LogP contribution >= 0.6 is 11.8 Å². The van der Waals surface area contributed by atoms with Gasteiger partial charge < -0.3 is 9.73 Å². The van der Waals surface area contributed by atoms with E-state index in [1.165, 1.54) is 5.75 Å². The molecule has 1 rings (SSSR count). The second-order valence-electron chi connectivity index (χ2n) is 3.46. The van der Waals surface area contributed by atoms with E-state index in [4.69, 9.17) is 4.42 Å². The van der Waals surface area contributed by atoms with E-state index >= 15 is 0 Å². The third-order valence-corrected chi connectivity index (χ3v) is 3.22. The van der Waals surface area contributed by atoms with Crippen molar-refractivity contribution in [1.29, 1.82) is 0 Å². The molecule has 0 aliphatic rings. The summed E-state index contributed by atoms with van der Waals surface area (Å²) in [7, 11) is 0. The molecule has 14 heavy (non-hydrogen) atoms. The maximum absolute atomic E-state index is 5.33. The molecule has 0 spiro atoms. The molecule has 0 aliphatic heterocycles. The van der Waals surface area contributed by atoms with Crippen molar-refractivity contribution in [2.75, 3.05) is 11.5 Å². The van der Waals surface area contributed by atoms with Crippen LogP contribution in [-0.4, -0.2) is 17.5 Å². The molecule has 0 radical (unpaired) electrons. The van der Waals surface area contributed by atoms with Gasteiger partial charge in [0.25, 0.3) is 0 Å². The average molecular weight is 213 g/mol. The number of nitrogens with one attached hydrogen (secondary N) is 1. The lowest BCUT2D eigenvalue weighted by molar-refractivity contribution is 0.410. The first-order valence-electron chi connectivity index (χ1n) is 5.11. The summed E-state index contributed by atoms with van der Waals surface area (Å²) >= 11 is 1.96. The second-order valence-corrected chi connectivity index (χ2v) is 4.78. The number of hydrogen-bond donors (Lipinski definition) is 1. The molecular weight excluding hydrogens is 194 g/mol. The quantitative estimate of drug-likeness (QED) is 0.786. The van der Waals surface area contributed by atoms with Gasteiger partial charge in [0.2, 0.25) is 0 Å². The lowest BCUT2D eigenvalue weighted by Gasteiger charge is -2.17. The fourth-order valence-electron chi connectivity index (χ4n) is 1.39. The van der Waals surface area contributed by atoms with Crippen LogP contribution in [0.4, 0.5) is 0 Å². The zero-order chi connectivity index (χ0) is 10.4. The molecule has 1 N–H and O–H groups in total. The minimum absolute atomic E-state index is 0.303. The highest BCUT2D eigenvalue weighted by Crippen LogP contribution is 2.14. The first-order chi connectivity index (χ1) is 6.74. The van der Waals surface area contributed by atoms with E-state index in [2.05, 4.69) is 26.1 Å². The van der Waals surface area contributed by atoms with E-state index in [1.54, 1.807) is 6.26 Å². The van der Waals surface area contributed by atoms with E-state index in [-0.39, 0.29) is 0 Å². The van der Waals surface area contributed by atoms with Gasteiger partial charge in [-0.2, -0.15) is 11.8 Å². The largest absolute Gasteiger partial charge is 0.468 e. The maximum atomic E-state index is 5.33. The SMILES string of the molecule is CCSCC(C)NC(C)c1ccco1. The highest BCUT2D eigenvalue weighted by molar-refractivity contribution is 7.99. The van der Waals surface area contributed by atoms with Crippen molar-refractivity contribution < 1.29 is 4.42 Å². The number of furan rings is 1. The Morgan fingerprint density at radius 3 is 2.86 bits per heavy atom. The van der Waals surface area contributed by atoms with Crippen molar-refractivity contribution in [3.05, 3.63) is 24.2 Å². The molecule has 0 saturated heterocycles. The zero-order valence-electron chi connectivity index (χ0n) is 9.12. The first-order valence-corrected chi connectivity index (χ1v) is 6.26. The normalized spacial score (nSPS) is 15.4. The molecule has 2 unspecified atom stereocenters. The summed E-state index contributed by atoms with van der Waals surface area (Å²) < 4.78 is 5.33. The van der Waals surface area contributed by atoms with Crippen LogP contribution in [0, 0.1) is 0 Å². The minimum atomic E-state index is 0.303. The molecule has 0 bridgehead atoms. The number of hydrogen-bond acceptors (Lipinski definition) is 3. The standard InChI is InChI=1S/C11H19NOS/c1-4-14-8-9(2)12-10(3)11-6-5-7-13-11/h5-7,9-10,12H,4,8H2,1-3H3. The topological polar surface area (TPSA) is 25.2 Å². The number of rotatable bonds is 6. The van der Waals surface area contributed by atoms with Crippen molar-refractivity contribution in [3.63, 3.8) is 0 Å². The van der Waals surface area contributed by atoms with Gasteiger partial charge in [-0.25, -0.2) is 0 Å². The molecule has 1 aromatic rings. The van der Waals surface area contributed by atoms with E-state index in [0.29, 0.717) is 12.1 Å². The summed E-state index contributed by atoms with van der Waals surface area (Å²) in [5.41, 5.74) is 0. The van der Waals surface area contributed by atoms with E-state index < -0.39 is 0 Å². The van der Waals surface area contributed by atoms with E-state index in [0.717, 1.165) is 11.5 Å². The molecule has 2 nitrogen and oxygen atoms in total. The van der Waals surface area contributed by atoms with Gasteiger partial charge in [0.1, 0.15) is 5.76 Å². The van der Waals surface area contributed by atoms with Gasteiger partial charge in [-0.1, -0.05) is 6.92 Å². The van der Waals surface area contributed by atoms with Crippen LogP contribution in [0.5, 0.6) is 0 Å². The fraction of sp³-hybridized carbons (Fsp3) is 0.636. The summed E-state index contributed by atoms with van der Waals surface area (Å²) in [6.07, 6.45) is 1.72. The Bertz CT molecular complexity index is 235. The lowest BCUT2D eigenvalue weighted by Crippen LogP contribution is -2.30. The van der Waals surface area contributed by atoms with Gasteiger partial charge >= 0.3 is 0 Å². The highest BCUT2D eigenvalue weighted by Gasteiger charge is 2.10. The monoisotopic (exact) mass is 213 g/mol. The van der Waals surface area contributed by atoms with Gasteiger partial charge in [-0.05, 0) is 31.7 Å². The summed E-state index contributed by atoms with van der Waals surface area (Å²) in [5, 5.41) is 3.50. The Morgan fingerprint density at radius 2 is 2.29 bits per heavy atom. The molecule has 0 amide bonds. The summed E-state index contributed by atoms with van der Waals surface area (Å²) in [4.78, 5) is 0. The summed E-state index contributed by atoms with van der Waals surface area (Å²) in [6.45, 7) is 6.53.